The van der Waals surface area contributed by atoms with Crippen LogP contribution in [0.25, 0.3) is 0 Å². The number of likely N-dealkylation sites (tertiary alicyclic amines) is 1. The van der Waals surface area contributed by atoms with Crippen molar-refractivity contribution in [2.45, 2.75) is 12.8 Å². The summed E-state index contributed by atoms with van der Waals surface area (Å²) in [7, 11) is 0. The molecule has 1 aliphatic heterocycles. The summed E-state index contributed by atoms with van der Waals surface area (Å²) in [5.74, 6) is -2.05. The van der Waals surface area contributed by atoms with Gasteiger partial charge in [-0.2, -0.15) is 0 Å². The molecule has 1 aromatic heterocycles. The maximum atomic E-state index is 12.2. The van der Waals surface area contributed by atoms with Crippen molar-refractivity contribution in [3.8, 4) is 5.75 Å². The molecule has 2 atom stereocenters. The summed E-state index contributed by atoms with van der Waals surface area (Å²) in [6, 6.07) is 2.91. The first kappa shape index (κ1) is 14.2. The molecule has 114 valence electrons. The minimum Gasteiger partial charge on any atom is -0.504 e. The Hall–Kier alpha value is -2.70. The number of aromatic hydroxyl groups is 1. The van der Waals surface area contributed by atoms with Crippen molar-refractivity contribution in [3.05, 3.63) is 30.5 Å². The maximum absolute atomic E-state index is 12.2. The third-order valence-corrected chi connectivity index (χ3v) is 3.94. The summed E-state index contributed by atoms with van der Waals surface area (Å²) < 4.78 is 0. The van der Waals surface area contributed by atoms with Gasteiger partial charge in [0.1, 0.15) is 6.54 Å². The zero-order valence-corrected chi connectivity index (χ0v) is 11.7. The summed E-state index contributed by atoms with van der Waals surface area (Å²) in [5.41, 5.74) is 0. The van der Waals surface area contributed by atoms with Crippen molar-refractivity contribution >= 4 is 23.5 Å². The molecule has 1 saturated heterocycles. The van der Waals surface area contributed by atoms with Gasteiger partial charge in [0, 0.05) is 6.20 Å². The Morgan fingerprint density at radius 1 is 1.27 bits per heavy atom. The van der Waals surface area contributed by atoms with Crippen LogP contribution in [0.4, 0.5) is 5.82 Å². The largest absolute Gasteiger partial charge is 0.504 e. The van der Waals surface area contributed by atoms with Crippen LogP contribution in [0.5, 0.6) is 5.75 Å². The third kappa shape index (κ3) is 2.45. The average molecular weight is 301 g/mol. The molecule has 2 N–H and O–H groups in total. The Balaban J connectivity index is 1.68. The second-order valence-electron chi connectivity index (χ2n) is 5.34. The molecule has 0 bridgehead atoms. The van der Waals surface area contributed by atoms with E-state index >= 15 is 0 Å². The van der Waals surface area contributed by atoms with Crippen LogP contribution < -0.4 is 5.32 Å². The smallest absolute Gasteiger partial charge is 0.245 e. The minimum atomic E-state index is -0.567. The predicted octanol–water partition coefficient (Wildman–Crippen LogP) is 0.677. The van der Waals surface area contributed by atoms with Crippen molar-refractivity contribution in [2.75, 3.05) is 11.9 Å². The number of fused-ring (bicyclic) bond motifs is 1. The fourth-order valence-electron chi connectivity index (χ4n) is 2.83. The number of anilines is 1. The first-order valence-corrected chi connectivity index (χ1v) is 7.02. The van der Waals surface area contributed by atoms with Gasteiger partial charge >= 0.3 is 0 Å². The van der Waals surface area contributed by atoms with Crippen LogP contribution in [0.1, 0.15) is 12.8 Å². The van der Waals surface area contributed by atoms with Crippen molar-refractivity contribution in [1.82, 2.24) is 9.88 Å². The van der Waals surface area contributed by atoms with Crippen molar-refractivity contribution < 1.29 is 19.5 Å². The molecular formula is C15H15N3O4. The molecule has 0 unspecified atom stereocenters. The summed E-state index contributed by atoms with van der Waals surface area (Å²) in [5, 5.41) is 12.0. The second kappa shape index (κ2) is 5.59. The molecule has 1 aliphatic carbocycles. The quantitative estimate of drug-likeness (QED) is 0.631. The van der Waals surface area contributed by atoms with E-state index in [1.54, 1.807) is 0 Å². The highest BCUT2D eigenvalue weighted by Gasteiger charge is 2.47. The van der Waals surface area contributed by atoms with Crippen LogP contribution in [-0.4, -0.2) is 39.3 Å². The van der Waals surface area contributed by atoms with E-state index in [9.17, 15) is 19.5 Å². The number of aromatic nitrogens is 1. The SMILES string of the molecule is O=C(CN1C(=O)[C@H]2CC=CC[C@H]2C1=O)Nc1ncccc1O. The molecule has 0 spiro atoms. The second-order valence-corrected chi connectivity index (χ2v) is 5.34. The third-order valence-electron chi connectivity index (χ3n) is 3.94. The number of carbonyl (C=O) groups excluding carboxylic acids is 3. The number of nitrogens with zero attached hydrogens (tertiary/aromatic N) is 2. The highest BCUT2D eigenvalue weighted by Crippen LogP contribution is 2.34. The molecule has 7 nitrogen and oxygen atoms in total. The van der Waals surface area contributed by atoms with Crippen LogP contribution in [0.15, 0.2) is 30.5 Å². The lowest BCUT2D eigenvalue weighted by molar-refractivity contribution is -0.142. The first-order valence-electron chi connectivity index (χ1n) is 7.02. The number of allylic oxidation sites excluding steroid dienone is 2. The average Bonchev–Trinajstić information content (AvgIpc) is 2.75. The Morgan fingerprint density at radius 2 is 1.91 bits per heavy atom. The van der Waals surface area contributed by atoms with Crippen molar-refractivity contribution in [1.29, 1.82) is 0 Å². The van der Waals surface area contributed by atoms with Gasteiger partial charge in [-0.1, -0.05) is 12.2 Å². The summed E-state index contributed by atoms with van der Waals surface area (Å²) in [6.07, 6.45) is 6.27. The molecule has 2 aliphatic rings. The summed E-state index contributed by atoms with van der Waals surface area (Å²) in [6.45, 7) is -0.360. The lowest BCUT2D eigenvalue weighted by atomic mass is 9.85. The zero-order chi connectivity index (χ0) is 15.7. The number of imide groups is 1. The van der Waals surface area contributed by atoms with E-state index in [-0.39, 0.29) is 41.8 Å². The molecule has 3 amide bonds. The molecule has 22 heavy (non-hydrogen) atoms. The fourth-order valence-corrected chi connectivity index (χ4v) is 2.83. The standard InChI is InChI=1S/C15H15N3O4/c19-11-6-3-7-16-13(11)17-12(20)8-18-14(21)9-4-1-2-5-10(9)15(18)22/h1-3,6-7,9-10,19H,4-5,8H2,(H,16,17,20)/t9-,10+. The Labute approximate surface area is 126 Å². The van der Waals surface area contributed by atoms with Crippen molar-refractivity contribution in [3.63, 3.8) is 0 Å². The van der Waals surface area contributed by atoms with E-state index in [4.69, 9.17) is 0 Å². The molecule has 0 aromatic carbocycles. The van der Waals surface area contributed by atoms with Crippen LogP contribution in [0.2, 0.25) is 0 Å². The van der Waals surface area contributed by atoms with E-state index in [0.29, 0.717) is 12.8 Å². The molecular weight excluding hydrogens is 286 g/mol. The highest BCUT2D eigenvalue weighted by atomic mass is 16.3. The van der Waals surface area contributed by atoms with Crippen LogP contribution >= 0.6 is 0 Å². The molecule has 0 radical (unpaired) electrons. The first-order chi connectivity index (χ1) is 10.6. The van der Waals surface area contributed by atoms with Gasteiger partial charge in [0.15, 0.2) is 11.6 Å². The van der Waals surface area contributed by atoms with Crippen molar-refractivity contribution in [2.24, 2.45) is 11.8 Å². The number of rotatable bonds is 3. The van der Waals surface area contributed by atoms with E-state index < -0.39 is 5.91 Å². The van der Waals surface area contributed by atoms with Crippen LogP contribution in [-0.2, 0) is 14.4 Å². The van der Waals surface area contributed by atoms with E-state index in [1.807, 2.05) is 12.2 Å². The zero-order valence-electron chi connectivity index (χ0n) is 11.7. The lowest BCUT2D eigenvalue weighted by Crippen LogP contribution is -2.38. The Bertz CT molecular complexity index is 645. The number of hydrogen-bond acceptors (Lipinski definition) is 5. The van der Waals surface area contributed by atoms with Gasteiger partial charge in [0.25, 0.3) is 0 Å². The molecule has 7 heteroatoms. The lowest BCUT2D eigenvalue weighted by Gasteiger charge is -2.14. The molecule has 3 rings (SSSR count). The number of nitrogens with one attached hydrogen (secondary N) is 1. The van der Waals surface area contributed by atoms with E-state index in [0.717, 1.165) is 4.90 Å². The molecule has 1 fully saturated rings. The molecule has 1 aromatic rings. The minimum absolute atomic E-state index is 0.00526. The van der Waals surface area contributed by atoms with Gasteiger partial charge in [0.05, 0.1) is 11.8 Å². The predicted molar refractivity (Wildman–Crippen MR) is 76.6 cm³/mol. The normalized spacial score (nSPS) is 23.5. The number of hydrogen-bond donors (Lipinski definition) is 2. The van der Waals surface area contributed by atoms with Crippen LogP contribution in [0.3, 0.4) is 0 Å². The number of carbonyl (C=O) groups is 3. The van der Waals surface area contributed by atoms with Gasteiger partial charge in [0.2, 0.25) is 17.7 Å². The van der Waals surface area contributed by atoms with Gasteiger partial charge in [-0.15, -0.1) is 0 Å². The highest BCUT2D eigenvalue weighted by molar-refractivity contribution is 6.08. The Morgan fingerprint density at radius 3 is 2.50 bits per heavy atom. The molecule has 2 heterocycles. The Kier molecular flexibility index (Phi) is 3.62. The molecule has 0 saturated carbocycles. The number of amides is 3. The maximum Gasteiger partial charge on any atom is 0.245 e. The summed E-state index contributed by atoms with van der Waals surface area (Å²) >= 11 is 0. The monoisotopic (exact) mass is 301 g/mol. The topological polar surface area (TPSA) is 99.6 Å². The number of pyridine rings is 1. The van der Waals surface area contributed by atoms with Gasteiger partial charge in [-0.25, -0.2) is 4.98 Å². The van der Waals surface area contributed by atoms with E-state index in [2.05, 4.69) is 10.3 Å². The van der Waals surface area contributed by atoms with Gasteiger partial charge in [-0.3, -0.25) is 19.3 Å². The summed E-state index contributed by atoms with van der Waals surface area (Å²) in [4.78, 5) is 41.3. The fraction of sp³-hybridized carbons (Fsp3) is 0.333. The van der Waals surface area contributed by atoms with Crippen LogP contribution in [0, 0.1) is 11.8 Å². The van der Waals surface area contributed by atoms with Gasteiger partial charge < -0.3 is 10.4 Å². The van der Waals surface area contributed by atoms with Gasteiger partial charge in [-0.05, 0) is 25.0 Å². The van der Waals surface area contributed by atoms with E-state index in [1.165, 1.54) is 18.3 Å².